The molecule has 0 amide bonds. The van der Waals surface area contributed by atoms with Crippen molar-refractivity contribution in [2.45, 2.75) is 39.0 Å². The van der Waals surface area contributed by atoms with Crippen LogP contribution in [0, 0.1) is 0 Å². The van der Waals surface area contributed by atoms with Gasteiger partial charge in [-0.1, -0.05) is 38.8 Å². The van der Waals surface area contributed by atoms with Crippen molar-refractivity contribution in [2.75, 3.05) is 5.73 Å². The third kappa shape index (κ3) is 3.10. The Bertz CT molecular complexity index is 255. The van der Waals surface area contributed by atoms with E-state index >= 15 is 0 Å². The van der Waals surface area contributed by atoms with Crippen LogP contribution in [0.25, 0.3) is 0 Å². The molecule has 1 unspecified atom stereocenters. The van der Waals surface area contributed by atoms with E-state index in [9.17, 15) is 0 Å². The summed E-state index contributed by atoms with van der Waals surface area (Å²) in [5, 5.41) is 0. The summed E-state index contributed by atoms with van der Waals surface area (Å²) >= 11 is 0. The van der Waals surface area contributed by atoms with Crippen LogP contribution in [0.2, 0.25) is 0 Å². The highest BCUT2D eigenvalue weighted by Gasteiger charge is 2.04. The zero-order valence-electron chi connectivity index (χ0n) is 8.59. The SMILES string of the molecule is CCCCC(C)c1cccc(N)c1. The van der Waals surface area contributed by atoms with Gasteiger partial charge in [0.2, 0.25) is 0 Å². The Morgan fingerprint density at radius 2 is 2.15 bits per heavy atom. The number of benzene rings is 1. The highest BCUT2D eigenvalue weighted by molar-refractivity contribution is 5.41. The second kappa shape index (κ2) is 4.90. The third-order valence-corrected chi connectivity index (χ3v) is 2.47. The van der Waals surface area contributed by atoms with Gasteiger partial charge in [0.25, 0.3) is 0 Å². The van der Waals surface area contributed by atoms with E-state index in [1.165, 1.54) is 24.8 Å². The molecule has 0 radical (unpaired) electrons. The Balaban J connectivity index is 2.60. The predicted octanol–water partition coefficient (Wildman–Crippen LogP) is 3.56. The van der Waals surface area contributed by atoms with Crippen LogP contribution in [0.15, 0.2) is 24.3 Å². The van der Waals surface area contributed by atoms with E-state index in [0.29, 0.717) is 5.92 Å². The maximum Gasteiger partial charge on any atom is 0.0316 e. The molecule has 0 spiro atoms. The molecule has 0 aliphatic heterocycles. The summed E-state index contributed by atoms with van der Waals surface area (Å²) in [7, 11) is 0. The lowest BCUT2D eigenvalue weighted by Crippen LogP contribution is -1.94. The van der Waals surface area contributed by atoms with Gasteiger partial charge >= 0.3 is 0 Å². The van der Waals surface area contributed by atoms with E-state index in [4.69, 9.17) is 5.73 Å². The van der Waals surface area contributed by atoms with Gasteiger partial charge in [0.05, 0.1) is 0 Å². The minimum atomic E-state index is 0.642. The Kier molecular flexibility index (Phi) is 3.81. The topological polar surface area (TPSA) is 26.0 Å². The zero-order valence-corrected chi connectivity index (χ0v) is 8.59. The van der Waals surface area contributed by atoms with Crippen LogP contribution in [0.1, 0.15) is 44.6 Å². The second-order valence-electron chi connectivity index (χ2n) is 3.71. The number of nitrogen functional groups attached to an aromatic ring is 1. The van der Waals surface area contributed by atoms with E-state index in [0.717, 1.165) is 5.69 Å². The van der Waals surface area contributed by atoms with Crippen LogP contribution in [-0.4, -0.2) is 0 Å². The molecule has 1 aromatic rings. The van der Waals surface area contributed by atoms with E-state index in [1.54, 1.807) is 0 Å². The maximum atomic E-state index is 5.73. The summed E-state index contributed by atoms with van der Waals surface area (Å²) in [6.07, 6.45) is 3.84. The van der Waals surface area contributed by atoms with E-state index in [2.05, 4.69) is 26.0 Å². The lowest BCUT2D eigenvalue weighted by molar-refractivity contribution is 0.624. The van der Waals surface area contributed by atoms with Gasteiger partial charge < -0.3 is 5.73 Å². The Hall–Kier alpha value is -0.980. The highest BCUT2D eigenvalue weighted by Crippen LogP contribution is 2.22. The lowest BCUT2D eigenvalue weighted by Gasteiger charge is -2.11. The van der Waals surface area contributed by atoms with Crippen LogP contribution in [0.3, 0.4) is 0 Å². The van der Waals surface area contributed by atoms with Crippen molar-refractivity contribution in [3.63, 3.8) is 0 Å². The molecule has 1 rings (SSSR count). The number of hydrogen-bond acceptors (Lipinski definition) is 1. The van der Waals surface area contributed by atoms with Crippen molar-refractivity contribution in [1.82, 2.24) is 0 Å². The van der Waals surface area contributed by atoms with Crippen LogP contribution in [0.4, 0.5) is 5.69 Å². The van der Waals surface area contributed by atoms with Crippen molar-refractivity contribution in [2.24, 2.45) is 0 Å². The zero-order chi connectivity index (χ0) is 9.68. The third-order valence-electron chi connectivity index (χ3n) is 2.47. The van der Waals surface area contributed by atoms with E-state index in [-0.39, 0.29) is 0 Å². The number of nitrogens with two attached hydrogens (primary N) is 1. The van der Waals surface area contributed by atoms with E-state index < -0.39 is 0 Å². The first-order valence-corrected chi connectivity index (χ1v) is 5.09. The van der Waals surface area contributed by atoms with Crippen LogP contribution < -0.4 is 5.73 Å². The van der Waals surface area contributed by atoms with E-state index in [1.807, 2.05) is 12.1 Å². The van der Waals surface area contributed by atoms with Crippen molar-refractivity contribution in [1.29, 1.82) is 0 Å². The molecule has 1 heteroatoms. The largest absolute Gasteiger partial charge is 0.399 e. The van der Waals surface area contributed by atoms with Crippen molar-refractivity contribution >= 4 is 5.69 Å². The second-order valence-corrected chi connectivity index (χ2v) is 3.71. The first-order chi connectivity index (χ1) is 6.24. The molecule has 72 valence electrons. The number of hydrogen-bond donors (Lipinski definition) is 1. The lowest BCUT2D eigenvalue weighted by atomic mass is 9.95. The molecule has 2 N–H and O–H groups in total. The number of unbranched alkanes of at least 4 members (excludes halogenated alkanes) is 1. The molecule has 0 saturated carbocycles. The minimum Gasteiger partial charge on any atom is -0.399 e. The normalized spacial score (nSPS) is 12.8. The molecule has 0 aromatic heterocycles. The van der Waals surface area contributed by atoms with Gasteiger partial charge in [-0.25, -0.2) is 0 Å². The minimum absolute atomic E-state index is 0.642. The maximum absolute atomic E-state index is 5.73. The summed E-state index contributed by atoms with van der Waals surface area (Å²) in [6, 6.07) is 8.22. The molecule has 1 aromatic carbocycles. The molecular formula is C12H19N. The summed E-state index contributed by atoms with van der Waals surface area (Å²) in [5.74, 6) is 0.642. The van der Waals surface area contributed by atoms with Gasteiger partial charge in [-0.2, -0.15) is 0 Å². The molecular weight excluding hydrogens is 158 g/mol. The van der Waals surface area contributed by atoms with Crippen molar-refractivity contribution < 1.29 is 0 Å². The first-order valence-electron chi connectivity index (χ1n) is 5.09. The monoisotopic (exact) mass is 177 g/mol. The smallest absolute Gasteiger partial charge is 0.0316 e. The summed E-state index contributed by atoms with van der Waals surface area (Å²) in [5.41, 5.74) is 7.97. The van der Waals surface area contributed by atoms with Crippen LogP contribution in [0.5, 0.6) is 0 Å². The van der Waals surface area contributed by atoms with Crippen molar-refractivity contribution in [3.8, 4) is 0 Å². The molecule has 0 bridgehead atoms. The fourth-order valence-corrected chi connectivity index (χ4v) is 1.54. The fraction of sp³-hybridized carbons (Fsp3) is 0.500. The average Bonchev–Trinajstić information content (AvgIpc) is 2.14. The van der Waals surface area contributed by atoms with Gasteiger partial charge in [-0.05, 0) is 30.0 Å². The van der Waals surface area contributed by atoms with Gasteiger partial charge in [-0.15, -0.1) is 0 Å². The van der Waals surface area contributed by atoms with Gasteiger partial charge in [0.15, 0.2) is 0 Å². The fourth-order valence-electron chi connectivity index (χ4n) is 1.54. The van der Waals surface area contributed by atoms with Crippen LogP contribution >= 0.6 is 0 Å². The average molecular weight is 177 g/mol. The standard InChI is InChI=1S/C12H19N/c1-3-4-6-10(2)11-7-5-8-12(13)9-11/h5,7-10H,3-4,6,13H2,1-2H3. The Morgan fingerprint density at radius 1 is 1.38 bits per heavy atom. The Labute approximate surface area is 81.0 Å². The summed E-state index contributed by atoms with van der Waals surface area (Å²) < 4.78 is 0. The number of anilines is 1. The van der Waals surface area contributed by atoms with Gasteiger partial charge in [0, 0.05) is 5.69 Å². The van der Waals surface area contributed by atoms with Crippen LogP contribution in [-0.2, 0) is 0 Å². The molecule has 0 aliphatic carbocycles. The molecule has 0 aliphatic rings. The first kappa shape index (κ1) is 10.1. The highest BCUT2D eigenvalue weighted by atomic mass is 14.5. The Morgan fingerprint density at radius 3 is 2.77 bits per heavy atom. The summed E-state index contributed by atoms with van der Waals surface area (Å²) in [4.78, 5) is 0. The van der Waals surface area contributed by atoms with Gasteiger partial charge in [-0.3, -0.25) is 0 Å². The van der Waals surface area contributed by atoms with Crippen molar-refractivity contribution in [3.05, 3.63) is 29.8 Å². The summed E-state index contributed by atoms with van der Waals surface area (Å²) in [6.45, 7) is 4.50. The molecule has 0 fully saturated rings. The van der Waals surface area contributed by atoms with Gasteiger partial charge in [0.1, 0.15) is 0 Å². The molecule has 0 heterocycles. The quantitative estimate of drug-likeness (QED) is 0.699. The molecule has 0 saturated heterocycles. The molecule has 1 nitrogen and oxygen atoms in total. The molecule has 1 atom stereocenters. The number of rotatable bonds is 4. The predicted molar refractivity (Wildman–Crippen MR) is 58.8 cm³/mol. The molecule has 13 heavy (non-hydrogen) atoms.